The summed E-state index contributed by atoms with van der Waals surface area (Å²) in [7, 11) is 0. The Bertz CT molecular complexity index is 954. The first-order valence-electron chi connectivity index (χ1n) is 9.74. The highest BCUT2D eigenvalue weighted by atomic mass is 127. The molecule has 0 aromatic heterocycles. The number of anilines is 1. The number of nitrogens with zero attached hydrogens (tertiary/aromatic N) is 2. The van der Waals surface area contributed by atoms with Gasteiger partial charge in [0.25, 0.3) is 5.91 Å². The number of rotatable bonds is 7. The molecule has 0 radical (unpaired) electrons. The van der Waals surface area contributed by atoms with Crippen LogP contribution in [0.25, 0.3) is 6.08 Å². The van der Waals surface area contributed by atoms with Crippen molar-refractivity contribution in [1.29, 1.82) is 0 Å². The lowest BCUT2D eigenvalue weighted by Crippen LogP contribution is -2.21. The summed E-state index contributed by atoms with van der Waals surface area (Å²) in [6, 6.07) is 13.4. The van der Waals surface area contributed by atoms with Gasteiger partial charge in [-0.2, -0.15) is 10.1 Å². The van der Waals surface area contributed by atoms with Crippen LogP contribution in [0.3, 0.4) is 0 Å². The zero-order valence-corrected chi connectivity index (χ0v) is 19.3. The molecule has 0 unspecified atom stereocenters. The molecule has 152 valence electrons. The Morgan fingerprint density at radius 3 is 2.59 bits per heavy atom. The minimum absolute atomic E-state index is 0.0946. The number of hydrazone groups is 1. The first kappa shape index (κ1) is 21.4. The number of halogens is 1. The maximum Gasteiger partial charge on any atom is 0.280 e. The fraction of sp³-hybridized carbons (Fsp3) is 0.304. The molecule has 0 saturated carbocycles. The van der Waals surface area contributed by atoms with E-state index in [0.29, 0.717) is 23.6 Å². The second-order valence-electron chi connectivity index (χ2n) is 6.80. The van der Waals surface area contributed by atoms with Crippen LogP contribution >= 0.6 is 22.6 Å². The van der Waals surface area contributed by atoms with Crippen molar-refractivity contribution in [1.82, 2.24) is 0 Å². The van der Waals surface area contributed by atoms with E-state index >= 15 is 0 Å². The van der Waals surface area contributed by atoms with Gasteiger partial charge in [0.05, 0.1) is 33.3 Å². The first-order valence-corrected chi connectivity index (χ1v) is 10.8. The average Bonchev–Trinajstić information content (AvgIpc) is 2.99. The Morgan fingerprint density at radius 1 is 1.21 bits per heavy atom. The van der Waals surface area contributed by atoms with Crippen molar-refractivity contribution in [3.8, 4) is 11.5 Å². The molecule has 1 aliphatic heterocycles. The summed E-state index contributed by atoms with van der Waals surface area (Å²) < 4.78 is 12.8. The van der Waals surface area contributed by atoms with Gasteiger partial charge in [-0.1, -0.05) is 25.1 Å². The highest BCUT2D eigenvalue weighted by Crippen LogP contribution is 2.36. The van der Waals surface area contributed by atoms with Crippen LogP contribution in [0.5, 0.6) is 11.5 Å². The van der Waals surface area contributed by atoms with Gasteiger partial charge in [-0.3, -0.25) is 4.79 Å². The van der Waals surface area contributed by atoms with Crippen LogP contribution in [0.4, 0.5) is 5.69 Å². The zero-order valence-electron chi connectivity index (χ0n) is 17.1. The SMILES string of the molecule is CCOc1cc(/C=C2/C(=O)N(c3ccccc3)N=C2C)cc(I)c1O[C@H](C)CC. The molecule has 0 spiro atoms. The van der Waals surface area contributed by atoms with E-state index in [9.17, 15) is 4.79 Å². The van der Waals surface area contributed by atoms with Gasteiger partial charge in [0.1, 0.15) is 0 Å². The first-order chi connectivity index (χ1) is 13.9. The number of carbonyl (C=O) groups excluding carboxylic acids is 1. The molecule has 0 bridgehead atoms. The van der Waals surface area contributed by atoms with Crippen LogP contribution in [0, 0.1) is 3.57 Å². The van der Waals surface area contributed by atoms with Gasteiger partial charge in [-0.25, -0.2) is 0 Å². The fourth-order valence-electron chi connectivity index (χ4n) is 2.93. The third-order valence-corrected chi connectivity index (χ3v) is 5.40. The fourth-order valence-corrected chi connectivity index (χ4v) is 3.68. The van der Waals surface area contributed by atoms with E-state index in [1.54, 1.807) is 0 Å². The molecule has 1 atom stereocenters. The number of para-hydroxylation sites is 1. The van der Waals surface area contributed by atoms with Crippen LogP contribution < -0.4 is 14.5 Å². The molecule has 5 nitrogen and oxygen atoms in total. The molecule has 1 aliphatic rings. The number of hydrogen-bond donors (Lipinski definition) is 0. The van der Waals surface area contributed by atoms with Crippen molar-refractivity contribution in [2.75, 3.05) is 11.6 Å². The molecule has 0 N–H and O–H groups in total. The van der Waals surface area contributed by atoms with Gasteiger partial charge in [0, 0.05) is 0 Å². The molecule has 3 rings (SSSR count). The van der Waals surface area contributed by atoms with Crippen molar-refractivity contribution in [2.45, 2.75) is 40.2 Å². The lowest BCUT2D eigenvalue weighted by Gasteiger charge is -2.18. The summed E-state index contributed by atoms with van der Waals surface area (Å²) in [5.41, 5.74) is 2.89. The predicted molar refractivity (Wildman–Crippen MR) is 126 cm³/mol. The molecule has 6 heteroatoms. The third-order valence-electron chi connectivity index (χ3n) is 4.60. The molecule has 2 aromatic carbocycles. The van der Waals surface area contributed by atoms with Crippen molar-refractivity contribution in [3.63, 3.8) is 0 Å². The summed E-state index contributed by atoms with van der Waals surface area (Å²) in [6.07, 6.45) is 2.87. The van der Waals surface area contributed by atoms with E-state index in [1.165, 1.54) is 5.01 Å². The predicted octanol–water partition coefficient (Wildman–Crippen LogP) is 5.67. The molecule has 1 amide bonds. The van der Waals surface area contributed by atoms with Crippen molar-refractivity contribution in [2.24, 2.45) is 5.10 Å². The molecule has 0 aliphatic carbocycles. The Morgan fingerprint density at radius 2 is 1.93 bits per heavy atom. The Labute approximate surface area is 185 Å². The summed E-state index contributed by atoms with van der Waals surface area (Å²) in [4.78, 5) is 13.0. The molecule has 0 fully saturated rings. The van der Waals surface area contributed by atoms with E-state index in [0.717, 1.165) is 27.0 Å². The number of carbonyl (C=O) groups is 1. The second-order valence-corrected chi connectivity index (χ2v) is 7.96. The lowest BCUT2D eigenvalue weighted by molar-refractivity contribution is -0.114. The van der Waals surface area contributed by atoms with Gasteiger partial charge in [-0.05, 0) is 85.7 Å². The largest absolute Gasteiger partial charge is 0.490 e. The Balaban J connectivity index is 1.95. The number of benzene rings is 2. The Hall–Kier alpha value is -2.35. The lowest BCUT2D eigenvalue weighted by atomic mass is 10.1. The maximum atomic E-state index is 13.0. The van der Waals surface area contributed by atoms with Crippen LogP contribution in [-0.2, 0) is 4.79 Å². The number of ether oxygens (including phenoxy) is 2. The summed E-state index contributed by atoms with van der Waals surface area (Å²) in [5.74, 6) is 1.30. The van der Waals surface area contributed by atoms with Crippen molar-refractivity contribution >= 4 is 46.0 Å². The highest BCUT2D eigenvalue weighted by Gasteiger charge is 2.28. The Kier molecular flexibility index (Phi) is 6.95. The second kappa shape index (κ2) is 9.43. The van der Waals surface area contributed by atoms with E-state index < -0.39 is 0 Å². The van der Waals surface area contributed by atoms with Crippen LogP contribution in [0.15, 0.2) is 53.1 Å². The number of hydrogen-bond acceptors (Lipinski definition) is 4. The molecular formula is C23H25IN2O3. The molecule has 0 saturated heterocycles. The van der Waals surface area contributed by atoms with Crippen molar-refractivity contribution < 1.29 is 14.3 Å². The molecule has 29 heavy (non-hydrogen) atoms. The topological polar surface area (TPSA) is 51.1 Å². The normalized spacial score (nSPS) is 16.2. The minimum atomic E-state index is -0.137. The van der Waals surface area contributed by atoms with E-state index in [1.807, 2.05) is 69.3 Å². The van der Waals surface area contributed by atoms with Crippen molar-refractivity contribution in [3.05, 3.63) is 57.2 Å². The standard InChI is InChI=1S/C23H25IN2O3/c1-5-15(3)29-22-20(24)13-17(14-21(22)28-6-2)12-19-16(4)25-26(23(19)27)18-10-8-7-9-11-18/h7-15H,5-6H2,1-4H3/b19-12+/t15-/m1/s1. The molecule has 1 heterocycles. The molecule has 2 aromatic rings. The zero-order chi connectivity index (χ0) is 21.0. The maximum absolute atomic E-state index is 13.0. The van der Waals surface area contributed by atoms with Gasteiger partial charge in [0.15, 0.2) is 11.5 Å². The van der Waals surface area contributed by atoms with Gasteiger partial charge >= 0.3 is 0 Å². The number of amides is 1. The highest BCUT2D eigenvalue weighted by molar-refractivity contribution is 14.1. The van der Waals surface area contributed by atoms with E-state index in [2.05, 4.69) is 34.6 Å². The van der Waals surface area contributed by atoms with Crippen LogP contribution in [-0.4, -0.2) is 24.3 Å². The van der Waals surface area contributed by atoms with Gasteiger partial charge in [-0.15, -0.1) is 0 Å². The van der Waals surface area contributed by atoms with Gasteiger partial charge < -0.3 is 9.47 Å². The third kappa shape index (κ3) is 4.80. The molecular weight excluding hydrogens is 479 g/mol. The van der Waals surface area contributed by atoms with E-state index in [4.69, 9.17) is 9.47 Å². The smallest absolute Gasteiger partial charge is 0.280 e. The quantitative estimate of drug-likeness (QED) is 0.361. The monoisotopic (exact) mass is 504 g/mol. The van der Waals surface area contributed by atoms with Crippen LogP contribution in [0.1, 0.15) is 39.7 Å². The minimum Gasteiger partial charge on any atom is -0.490 e. The van der Waals surface area contributed by atoms with Crippen LogP contribution in [0.2, 0.25) is 0 Å². The van der Waals surface area contributed by atoms with Gasteiger partial charge in [0.2, 0.25) is 0 Å². The average molecular weight is 504 g/mol. The summed E-state index contributed by atoms with van der Waals surface area (Å²) in [6.45, 7) is 8.45. The van der Waals surface area contributed by atoms with E-state index in [-0.39, 0.29) is 12.0 Å². The summed E-state index contributed by atoms with van der Waals surface area (Å²) >= 11 is 2.25. The summed E-state index contributed by atoms with van der Waals surface area (Å²) in [5, 5.41) is 5.88.